The number of nitrogens with zero attached hydrogens (tertiary/aromatic N) is 2. The third-order valence-corrected chi connectivity index (χ3v) is 11.5. The summed E-state index contributed by atoms with van der Waals surface area (Å²) in [6.45, 7) is 2.86. The lowest BCUT2D eigenvalue weighted by molar-refractivity contribution is -0.161. The maximum Gasteiger partial charge on any atom is 0.370 e. The summed E-state index contributed by atoms with van der Waals surface area (Å²) in [5.41, 5.74) is 22.4. The van der Waals surface area contributed by atoms with Gasteiger partial charge in [-0.05, 0) is 37.8 Å². The van der Waals surface area contributed by atoms with Crippen molar-refractivity contribution in [3.63, 3.8) is 0 Å². The van der Waals surface area contributed by atoms with Gasteiger partial charge in [0.2, 0.25) is 35.1 Å². The molecule has 30 heteroatoms. The second kappa shape index (κ2) is 37.9. The number of aliphatic imine (C=N–C) groups is 1. The zero-order chi connectivity index (χ0) is 57.3. The van der Waals surface area contributed by atoms with E-state index in [1.54, 1.807) is 11.8 Å². The number of hydrogen-bond acceptors (Lipinski definition) is 22. The van der Waals surface area contributed by atoms with Crippen LogP contribution >= 0.6 is 0 Å². The van der Waals surface area contributed by atoms with Gasteiger partial charge in [0.25, 0.3) is 0 Å². The smallest absolute Gasteiger partial charge is 0.370 e. The molecule has 2 rings (SSSR count). The van der Waals surface area contributed by atoms with Crippen LogP contribution in [0.4, 0.5) is 0 Å². The van der Waals surface area contributed by atoms with Gasteiger partial charge in [0, 0.05) is 45.1 Å². The first-order valence-electron chi connectivity index (χ1n) is 25.0. The van der Waals surface area contributed by atoms with E-state index in [1.807, 2.05) is 0 Å². The van der Waals surface area contributed by atoms with Gasteiger partial charge >= 0.3 is 11.9 Å². The number of aliphatic hydroxyl groups is 4. The summed E-state index contributed by atoms with van der Waals surface area (Å²) in [6.07, 6.45) is -0.749. The summed E-state index contributed by atoms with van der Waals surface area (Å²) < 4.78 is 44.2. The summed E-state index contributed by atoms with van der Waals surface area (Å²) in [6, 6.07) is -3.14. The Labute approximate surface area is 446 Å². The fourth-order valence-electron chi connectivity index (χ4n) is 7.80. The molecule has 438 valence electrons. The molecule has 0 bridgehead atoms. The van der Waals surface area contributed by atoms with Crippen LogP contribution in [-0.2, 0) is 66.7 Å². The highest BCUT2D eigenvalue weighted by Gasteiger charge is 2.46. The predicted molar refractivity (Wildman–Crippen MR) is 270 cm³/mol. The summed E-state index contributed by atoms with van der Waals surface area (Å²) in [5, 5.41) is 71.0. The van der Waals surface area contributed by atoms with Crippen LogP contribution in [0.15, 0.2) is 28.7 Å². The quantitative estimate of drug-likeness (QED) is 0.00891. The number of nitrogens with one attached hydrogen (secondary N) is 4. The van der Waals surface area contributed by atoms with Gasteiger partial charge in [0.15, 0.2) is 12.1 Å². The second-order valence-corrected chi connectivity index (χ2v) is 17.6. The fraction of sp³-hybridized carbons (Fsp3) is 0.723. The van der Waals surface area contributed by atoms with E-state index < -0.39 is 141 Å². The van der Waals surface area contributed by atoms with Gasteiger partial charge in [-0.25, -0.2) is 14.6 Å². The standard InChI is InChI=1S/C47H80N10O20/c1-4-14-70-16-18-72-20-21-73-19-17-71-15-9-38(65)57(12-7-5-10-52-36(63)26-74-41(32(61)24-58)40-28(2)30(55-46(48)49)22-34(76-40)44(66)67)13-8-6-11-53-37(64)27-75-42(33(62)25-59)43-39(54-29(3)60)31(56-47(50)51)23-35(77-43)45(68)69/h1,22-23,28,30-33,39-43,46,55,58-59,61-62H,5-21,24-27,48-49H2,2-3H3,(H,52,63)(H,53,64)(H,54,60)(H,66,67)(H,68,69)(H4,50,51,56)/t28-,30+,31+,32-,33-,39-,40-,41-,42-,43-/m1/s1. The molecule has 2 heterocycles. The minimum absolute atomic E-state index is 0.0392. The normalized spacial score (nSPS) is 20.6. The van der Waals surface area contributed by atoms with Crippen molar-refractivity contribution < 1.29 is 97.3 Å². The van der Waals surface area contributed by atoms with Crippen molar-refractivity contribution in [1.29, 1.82) is 0 Å². The summed E-state index contributed by atoms with van der Waals surface area (Å²) in [5.74, 6) is -4.81. The molecule has 0 aromatic heterocycles. The molecule has 0 aliphatic carbocycles. The molecule has 10 atom stereocenters. The Morgan fingerprint density at radius 3 is 1.70 bits per heavy atom. The molecule has 77 heavy (non-hydrogen) atoms. The van der Waals surface area contributed by atoms with Crippen molar-refractivity contribution in [3.8, 4) is 12.3 Å². The van der Waals surface area contributed by atoms with Gasteiger partial charge in [0.1, 0.15) is 56.6 Å². The second-order valence-electron chi connectivity index (χ2n) is 17.6. The van der Waals surface area contributed by atoms with Crippen LogP contribution in [0.1, 0.15) is 46.0 Å². The van der Waals surface area contributed by atoms with Crippen LogP contribution in [0.3, 0.4) is 0 Å². The molecular formula is C47H80N10O20. The number of aliphatic hydroxyl groups excluding tert-OH is 4. The lowest BCUT2D eigenvalue weighted by Gasteiger charge is -2.40. The molecule has 2 aliphatic rings. The highest BCUT2D eigenvalue weighted by Crippen LogP contribution is 2.29. The van der Waals surface area contributed by atoms with Gasteiger partial charge in [-0.1, -0.05) is 12.8 Å². The van der Waals surface area contributed by atoms with Crippen molar-refractivity contribution in [2.24, 2.45) is 33.8 Å². The number of terminal acetylenes is 1. The lowest BCUT2D eigenvalue weighted by Crippen LogP contribution is -2.60. The molecule has 0 aromatic carbocycles. The van der Waals surface area contributed by atoms with E-state index in [4.69, 9.17) is 67.3 Å². The van der Waals surface area contributed by atoms with Crippen LogP contribution in [-0.4, -0.2) is 244 Å². The Morgan fingerprint density at radius 2 is 1.23 bits per heavy atom. The summed E-state index contributed by atoms with van der Waals surface area (Å²) >= 11 is 0. The van der Waals surface area contributed by atoms with E-state index >= 15 is 0 Å². The lowest BCUT2D eigenvalue weighted by atomic mass is 9.87. The zero-order valence-corrected chi connectivity index (χ0v) is 43.5. The van der Waals surface area contributed by atoms with E-state index in [9.17, 15) is 59.4 Å². The maximum absolute atomic E-state index is 13.4. The molecule has 0 unspecified atom stereocenters. The number of carboxylic acid groups (broad SMARTS) is 2. The van der Waals surface area contributed by atoms with Crippen LogP contribution in [0.5, 0.6) is 0 Å². The SMILES string of the molecule is C#CCOCCOCCOCCOCCC(=O)N(CCCCNC(=O)CO[C@@H]([C@@H]1OC(C(=O)O)=C[C@H](NC(N)N)[C@H]1C)[C@H](O)CO)CCCCNC(=O)CO[C@@H]([C@@H]1OC(C(=O)O)=C[C@H](N=C(N)N)[C@H]1NC(C)=O)[C@H](O)CO. The Bertz CT molecular complexity index is 1960. The third-order valence-electron chi connectivity index (χ3n) is 11.5. The Balaban J connectivity index is 1.99. The van der Waals surface area contributed by atoms with Crippen LogP contribution < -0.4 is 44.2 Å². The molecule has 18 N–H and O–H groups in total. The Kier molecular flexibility index (Phi) is 33.1. The number of guanidine groups is 1. The number of carbonyl (C=O) groups excluding carboxylic acids is 4. The number of carbonyl (C=O) groups is 6. The first kappa shape index (κ1) is 67.3. The van der Waals surface area contributed by atoms with Gasteiger partial charge in [-0.2, -0.15) is 0 Å². The monoisotopic (exact) mass is 1100 g/mol. The fourth-order valence-corrected chi connectivity index (χ4v) is 7.80. The topological polar surface area (TPSA) is 465 Å². The largest absolute Gasteiger partial charge is 0.480 e. The highest BCUT2D eigenvalue weighted by molar-refractivity contribution is 5.85. The number of rotatable bonds is 41. The summed E-state index contributed by atoms with van der Waals surface area (Å²) in [4.78, 5) is 80.8. The molecule has 0 aromatic rings. The van der Waals surface area contributed by atoms with E-state index in [0.29, 0.717) is 52.1 Å². The third kappa shape index (κ3) is 26.4. The van der Waals surface area contributed by atoms with E-state index in [1.165, 1.54) is 6.08 Å². The number of ether oxygens (including phenoxy) is 8. The Morgan fingerprint density at radius 1 is 0.753 bits per heavy atom. The first-order chi connectivity index (χ1) is 36.7. The van der Waals surface area contributed by atoms with Gasteiger partial charge < -0.3 is 112 Å². The molecule has 0 radical (unpaired) electrons. The van der Waals surface area contributed by atoms with E-state index in [0.717, 1.165) is 13.0 Å². The van der Waals surface area contributed by atoms with Crippen molar-refractivity contribution in [2.45, 2.75) is 107 Å². The predicted octanol–water partition coefficient (Wildman–Crippen LogP) is -6.15. The molecule has 0 saturated heterocycles. The van der Waals surface area contributed by atoms with E-state index in [2.05, 4.69) is 32.2 Å². The van der Waals surface area contributed by atoms with Crippen LogP contribution in [0.2, 0.25) is 0 Å². The number of unbranched alkanes of at least 4 members (excludes halogenated alkanes) is 2. The molecule has 30 nitrogen and oxygen atoms in total. The Hall–Kier alpha value is -5.79. The number of amides is 4. The highest BCUT2D eigenvalue weighted by atomic mass is 16.6. The number of hydrogen-bond donors (Lipinski definition) is 14. The van der Waals surface area contributed by atoms with Crippen molar-refractivity contribution in [2.75, 3.05) is 105 Å². The van der Waals surface area contributed by atoms with Crippen molar-refractivity contribution in [1.82, 2.24) is 26.2 Å². The molecule has 0 spiro atoms. The van der Waals surface area contributed by atoms with Crippen molar-refractivity contribution in [3.05, 3.63) is 23.7 Å². The average molecular weight is 1110 g/mol. The molecule has 0 saturated carbocycles. The van der Waals surface area contributed by atoms with Gasteiger partial charge in [-0.15, -0.1) is 6.42 Å². The zero-order valence-electron chi connectivity index (χ0n) is 43.5. The van der Waals surface area contributed by atoms with Crippen LogP contribution in [0.25, 0.3) is 0 Å². The number of carboxylic acids is 2. The summed E-state index contributed by atoms with van der Waals surface area (Å²) in [7, 11) is 0. The number of aliphatic carboxylic acids is 2. The van der Waals surface area contributed by atoms with Crippen molar-refractivity contribution >= 4 is 41.5 Å². The molecule has 2 aliphatic heterocycles. The number of nitrogens with two attached hydrogens (primary N) is 4. The maximum atomic E-state index is 13.4. The van der Waals surface area contributed by atoms with Gasteiger partial charge in [-0.3, -0.25) is 24.5 Å². The average Bonchev–Trinajstić information content (AvgIpc) is 3.37. The van der Waals surface area contributed by atoms with E-state index in [-0.39, 0.29) is 64.9 Å². The minimum atomic E-state index is -1.73. The minimum Gasteiger partial charge on any atom is -0.480 e. The van der Waals surface area contributed by atoms with Crippen LogP contribution in [0, 0.1) is 18.3 Å². The first-order valence-corrected chi connectivity index (χ1v) is 25.0. The molecule has 4 amide bonds. The molecule has 0 fully saturated rings. The van der Waals surface area contributed by atoms with Gasteiger partial charge in [0.05, 0.1) is 78.0 Å². The molecular weight excluding hydrogens is 1020 g/mol.